The van der Waals surface area contributed by atoms with Crippen LogP contribution in [-0.2, 0) is 0 Å². The molecule has 0 bridgehead atoms. The van der Waals surface area contributed by atoms with Gasteiger partial charge in [0.15, 0.2) is 0 Å². The Labute approximate surface area is 111 Å². The van der Waals surface area contributed by atoms with Gasteiger partial charge in [-0.3, -0.25) is 0 Å². The summed E-state index contributed by atoms with van der Waals surface area (Å²) in [6, 6.07) is 5.36. The van der Waals surface area contributed by atoms with E-state index in [9.17, 15) is 0 Å². The fourth-order valence-electron chi connectivity index (χ4n) is 2.45. The summed E-state index contributed by atoms with van der Waals surface area (Å²) in [7, 11) is 0. The molecule has 0 heterocycles. The van der Waals surface area contributed by atoms with Crippen molar-refractivity contribution < 1.29 is 5.11 Å². The van der Waals surface area contributed by atoms with E-state index in [0.29, 0.717) is 12.1 Å². The molecule has 0 saturated carbocycles. The maximum Gasteiger partial charge on any atom is 0.0431 e. The van der Waals surface area contributed by atoms with Crippen LogP contribution in [0.3, 0.4) is 0 Å². The number of nitrogens with one attached hydrogen (secondary N) is 1. The van der Waals surface area contributed by atoms with Crippen molar-refractivity contribution in [2.45, 2.75) is 59.5 Å². The van der Waals surface area contributed by atoms with Gasteiger partial charge in [-0.15, -0.1) is 0 Å². The minimum atomic E-state index is 0.281. The Morgan fingerprint density at radius 2 is 1.67 bits per heavy atom. The number of hydrogen-bond acceptors (Lipinski definition) is 2. The monoisotopic (exact) mass is 249 g/mol. The maximum absolute atomic E-state index is 8.85. The zero-order chi connectivity index (χ0) is 13.7. The van der Waals surface area contributed by atoms with E-state index in [1.807, 2.05) is 0 Å². The number of aliphatic hydroxyl groups excluding tert-OH is 1. The lowest BCUT2D eigenvalue weighted by molar-refractivity contribution is 0.274. The van der Waals surface area contributed by atoms with Crippen LogP contribution in [0.25, 0.3) is 0 Å². The van der Waals surface area contributed by atoms with Crippen molar-refractivity contribution in [1.82, 2.24) is 5.32 Å². The van der Waals surface area contributed by atoms with E-state index in [1.54, 1.807) is 0 Å². The second-order valence-electron chi connectivity index (χ2n) is 5.45. The molecule has 1 aromatic rings. The van der Waals surface area contributed by atoms with Gasteiger partial charge in [-0.2, -0.15) is 0 Å². The zero-order valence-corrected chi connectivity index (χ0v) is 12.4. The van der Waals surface area contributed by atoms with Gasteiger partial charge in [-0.1, -0.05) is 12.1 Å². The van der Waals surface area contributed by atoms with Crippen LogP contribution in [0.2, 0.25) is 0 Å². The summed E-state index contributed by atoms with van der Waals surface area (Å²) in [5.74, 6) is 0. The Kier molecular flexibility index (Phi) is 5.83. The highest BCUT2D eigenvalue weighted by molar-refractivity contribution is 5.38. The average molecular weight is 249 g/mol. The van der Waals surface area contributed by atoms with Gasteiger partial charge in [-0.25, -0.2) is 0 Å². The Hall–Kier alpha value is -0.860. The predicted octanol–water partition coefficient (Wildman–Crippen LogP) is 3.42. The molecule has 1 aromatic carbocycles. The molecule has 0 aromatic heterocycles. The van der Waals surface area contributed by atoms with Gasteiger partial charge < -0.3 is 10.4 Å². The van der Waals surface area contributed by atoms with Crippen LogP contribution >= 0.6 is 0 Å². The first-order valence-electron chi connectivity index (χ1n) is 6.90. The molecule has 2 N–H and O–H groups in total. The summed E-state index contributed by atoms with van der Waals surface area (Å²) < 4.78 is 0. The predicted molar refractivity (Wildman–Crippen MR) is 78.0 cm³/mol. The summed E-state index contributed by atoms with van der Waals surface area (Å²) in [5, 5.41) is 12.5. The van der Waals surface area contributed by atoms with Crippen LogP contribution < -0.4 is 5.32 Å². The number of benzene rings is 1. The minimum Gasteiger partial charge on any atom is -0.396 e. The van der Waals surface area contributed by atoms with E-state index in [2.05, 4.69) is 52.1 Å². The average Bonchev–Trinajstić information content (AvgIpc) is 2.31. The molecule has 0 aliphatic carbocycles. The molecule has 0 saturated heterocycles. The molecule has 0 aliphatic rings. The summed E-state index contributed by atoms with van der Waals surface area (Å²) >= 11 is 0. The van der Waals surface area contributed by atoms with Crippen molar-refractivity contribution in [3.05, 3.63) is 34.4 Å². The van der Waals surface area contributed by atoms with E-state index >= 15 is 0 Å². The highest BCUT2D eigenvalue weighted by atomic mass is 16.2. The van der Waals surface area contributed by atoms with Crippen LogP contribution in [0.15, 0.2) is 12.1 Å². The van der Waals surface area contributed by atoms with Gasteiger partial charge in [0.05, 0.1) is 0 Å². The van der Waals surface area contributed by atoms with Gasteiger partial charge >= 0.3 is 0 Å². The highest BCUT2D eigenvalue weighted by Gasteiger charge is 2.12. The van der Waals surface area contributed by atoms with Crippen LogP contribution in [0.4, 0.5) is 0 Å². The van der Waals surface area contributed by atoms with Crippen molar-refractivity contribution >= 4 is 0 Å². The van der Waals surface area contributed by atoms with Gasteiger partial charge in [0.2, 0.25) is 0 Å². The van der Waals surface area contributed by atoms with Crippen molar-refractivity contribution in [3.8, 4) is 0 Å². The normalized spacial score (nSPS) is 14.6. The Morgan fingerprint density at radius 3 is 2.28 bits per heavy atom. The minimum absolute atomic E-state index is 0.281. The lowest BCUT2D eigenvalue weighted by atomic mass is 9.96. The quantitative estimate of drug-likeness (QED) is 0.809. The van der Waals surface area contributed by atoms with Crippen LogP contribution in [-0.4, -0.2) is 17.8 Å². The third-order valence-corrected chi connectivity index (χ3v) is 3.68. The van der Waals surface area contributed by atoms with E-state index in [-0.39, 0.29) is 6.61 Å². The summed E-state index contributed by atoms with van der Waals surface area (Å²) in [6.45, 7) is 11.2. The molecule has 0 aliphatic heterocycles. The summed E-state index contributed by atoms with van der Waals surface area (Å²) in [4.78, 5) is 0. The van der Waals surface area contributed by atoms with E-state index in [0.717, 1.165) is 12.8 Å². The lowest BCUT2D eigenvalue weighted by Crippen LogP contribution is -2.29. The third-order valence-electron chi connectivity index (χ3n) is 3.68. The van der Waals surface area contributed by atoms with Crippen molar-refractivity contribution in [2.75, 3.05) is 6.61 Å². The Morgan fingerprint density at radius 1 is 1.06 bits per heavy atom. The fourth-order valence-corrected chi connectivity index (χ4v) is 2.45. The summed E-state index contributed by atoms with van der Waals surface area (Å²) in [5.41, 5.74) is 5.45. The van der Waals surface area contributed by atoms with Crippen LogP contribution in [0.1, 0.15) is 55.0 Å². The lowest BCUT2D eigenvalue weighted by Gasteiger charge is -2.22. The second-order valence-corrected chi connectivity index (χ2v) is 5.45. The number of hydrogen-bond donors (Lipinski definition) is 2. The number of rotatable bonds is 6. The molecular formula is C16H27NO. The van der Waals surface area contributed by atoms with Crippen molar-refractivity contribution in [1.29, 1.82) is 0 Å². The van der Waals surface area contributed by atoms with E-state index < -0.39 is 0 Å². The molecule has 1 rings (SSSR count). The molecule has 0 fully saturated rings. The first kappa shape index (κ1) is 15.2. The summed E-state index contributed by atoms with van der Waals surface area (Å²) in [6.07, 6.45) is 1.89. The van der Waals surface area contributed by atoms with E-state index in [1.165, 1.54) is 22.3 Å². The second kappa shape index (κ2) is 6.91. The molecule has 2 heteroatoms. The Balaban J connectivity index is 2.72. The first-order valence-corrected chi connectivity index (χ1v) is 6.90. The maximum atomic E-state index is 8.85. The van der Waals surface area contributed by atoms with Gasteiger partial charge in [0.25, 0.3) is 0 Å². The Bertz CT molecular complexity index is 387. The van der Waals surface area contributed by atoms with Gasteiger partial charge in [0, 0.05) is 18.7 Å². The highest BCUT2D eigenvalue weighted by Crippen LogP contribution is 2.22. The number of aliphatic hydroxyl groups is 1. The van der Waals surface area contributed by atoms with Crippen molar-refractivity contribution in [3.63, 3.8) is 0 Å². The zero-order valence-electron chi connectivity index (χ0n) is 12.4. The molecule has 2 atom stereocenters. The van der Waals surface area contributed by atoms with Crippen LogP contribution in [0, 0.1) is 20.8 Å². The van der Waals surface area contributed by atoms with Crippen molar-refractivity contribution in [2.24, 2.45) is 0 Å². The molecule has 0 spiro atoms. The largest absolute Gasteiger partial charge is 0.396 e. The van der Waals surface area contributed by atoms with E-state index in [4.69, 9.17) is 5.11 Å². The topological polar surface area (TPSA) is 32.3 Å². The van der Waals surface area contributed by atoms with Gasteiger partial charge in [-0.05, 0) is 69.7 Å². The standard InChI is InChI=1S/C16H27NO/c1-11-9-13(3)16(10-12(11)2)15(5)17-14(4)7-6-8-18/h9-10,14-15,17-18H,6-8H2,1-5H3. The molecule has 0 radical (unpaired) electrons. The third kappa shape index (κ3) is 4.11. The first-order chi connectivity index (χ1) is 8.45. The molecule has 102 valence electrons. The molecular weight excluding hydrogens is 222 g/mol. The molecule has 0 amide bonds. The number of aryl methyl sites for hydroxylation is 3. The van der Waals surface area contributed by atoms with Crippen LogP contribution in [0.5, 0.6) is 0 Å². The SMILES string of the molecule is Cc1cc(C)c(C(C)NC(C)CCCO)cc1C. The fraction of sp³-hybridized carbons (Fsp3) is 0.625. The smallest absolute Gasteiger partial charge is 0.0431 e. The van der Waals surface area contributed by atoms with Gasteiger partial charge in [0.1, 0.15) is 0 Å². The molecule has 2 nitrogen and oxygen atoms in total. The molecule has 2 unspecified atom stereocenters. The molecule has 18 heavy (non-hydrogen) atoms.